The number of hydrogen-bond donors (Lipinski definition) is 2. The number of imidazole rings is 1. The van der Waals surface area contributed by atoms with Crippen LogP contribution in [0.15, 0.2) is 66.8 Å². The van der Waals surface area contributed by atoms with Crippen LogP contribution in [0.2, 0.25) is 0 Å². The number of Topliss-reactive ketones (excluding diaryl/α,β-unsaturated/α-hetero) is 1. The van der Waals surface area contributed by atoms with Gasteiger partial charge in [-0.3, -0.25) is 34.2 Å². The number of benzene rings is 2. The fraction of sp³-hybridized carbons (Fsp3) is 0.258. The highest BCUT2D eigenvalue weighted by Gasteiger charge is 2.57. The van der Waals surface area contributed by atoms with E-state index in [1.54, 1.807) is 10.6 Å². The molecule has 2 amide bonds. The molecule has 0 spiro atoms. The number of non-ortho nitro benzene ring substituents is 2. The number of nitrogens with one attached hydrogen (secondary N) is 1. The second kappa shape index (κ2) is 13.2. The molecule has 1 saturated heterocycles. The molecule has 17 nitrogen and oxygen atoms in total. The van der Waals surface area contributed by atoms with Gasteiger partial charge >= 0.3 is 12.1 Å². The highest BCUT2D eigenvalue weighted by atomic mass is 32.1. The van der Waals surface area contributed by atoms with E-state index < -0.39 is 58.2 Å². The molecule has 6 rings (SSSR count). The fourth-order valence-corrected chi connectivity index (χ4v) is 6.84. The summed E-state index contributed by atoms with van der Waals surface area (Å²) in [6.07, 6.45) is 1.46. The number of esters is 1. The summed E-state index contributed by atoms with van der Waals surface area (Å²) in [5, 5.41) is 34.3. The Balaban J connectivity index is 1.16. The van der Waals surface area contributed by atoms with Crippen LogP contribution in [0.5, 0.6) is 0 Å². The molecule has 0 bridgehead atoms. The van der Waals surface area contributed by atoms with Crippen LogP contribution < -0.4 is 5.32 Å². The topological polar surface area (TPSA) is 226 Å². The third-order valence-corrected chi connectivity index (χ3v) is 9.29. The van der Waals surface area contributed by atoms with Crippen molar-refractivity contribution in [3.05, 3.63) is 109 Å². The van der Waals surface area contributed by atoms with E-state index in [9.17, 15) is 44.5 Å². The van der Waals surface area contributed by atoms with Crippen molar-refractivity contribution in [2.45, 2.75) is 38.7 Å². The van der Waals surface area contributed by atoms with Gasteiger partial charge in [0.25, 0.3) is 11.4 Å². The van der Waals surface area contributed by atoms with Crippen LogP contribution in [0.1, 0.15) is 39.8 Å². The van der Waals surface area contributed by atoms with E-state index in [-0.39, 0.29) is 42.4 Å². The molecule has 2 aliphatic rings. The first-order valence-electron chi connectivity index (χ1n) is 14.7. The number of alkyl carbamates (subject to hydrolysis) is 1. The summed E-state index contributed by atoms with van der Waals surface area (Å²) in [6.45, 7) is 0.675. The van der Waals surface area contributed by atoms with Crippen molar-refractivity contribution < 1.29 is 43.6 Å². The number of ether oxygens (including phenoxy) is 2. The number of aliphatic hydroxyl groups excluding tert-OH is 1. The van der Waals surface area contributed by atoms with E-state index in [0.29, 0.717) is 26.4 Å². The van der Waals surface area contributed by atoms with Gasteiger partial charge in [0.15, 0.2) is 0 Å². The van der Waals surface area contributed by atoms with Gasteiger partial charge in [-0.25, -0.2) is 14.6 Å². The Morgan fingerprint density at radius 3 is 2.18 bits per heavy atom. The lowest BCUT2D eigenvalue weighted by molar-refractivity contribution is -0.385. The molecule has 4 heterocycles. The van der Waals surface area contributed by atoms with Gasteiger partial charge < -0.3 is 24.8 Å². The molecule has 2 aromatic heterocycles. The summed E-state index contributed by atoms with van der Waals surface area (Å²) in [5.41, 5.74) is 1.32. The molecule has 4 aromatic rings. The van der Waals surface area contributed by atoms with E-state index in [0.717, 1.165) is 11.3 Å². The third kappa shape index (κ3) is 6.46. The molecule has 0 radical (unpaired) electrons. The van der Waals surface area contributed by atoms with Gasteiger partial charge in [-0.2, -0.15) is 0 Å². The van der Waals surface area contributed by atoms with Crippen molar-refractivity contribution in [2.24, 2.45) is 5.92 Å². The minimum atomic E-state index is -0.953. The zero-order valence-electron chi connectivity index (χ0n) is 25.5. The molecule has 0 aliphatic carbocycles. The number of rotatable bonds is 12. The largest absolute Gasteiger partial charge is 0.456 e. The number of carbonyl (C=O) groups excluding carboxylic acids is 4. The van der Waals surface area contributed by atoms with Crippen molar-refractivity contribution in [2.75, 3.05) is 6.54 Å². The van der Waals surface area contributed by atoms with Crippen molar-refractivity contribution in [1.29, 1.82) is 0 Å². The van der Waals surface area contributed by atoms with E-state index in [4.69, 9.17) is 9.47 Å². The lowest BCUT2D eigenvalue weighted by atomic mass is 9.83. The van der Waals surface area contributed by atoms with Crippen molar-refractivity contribution in [3.8, 4) is 0 Å². The number of aliphatic hydroxyl groups is 1. The minimum Gasteiger partial charge on any atom is -0.456 e. The number of ketones is 1. The van der Waals surface area contributed by atoms with Crippen LogP contribution >= 0.6 is 11.3 Å². The van der Waals surface area contributed by atoms with Gasteiger partial charge in [-0.1, -0.05) is 0 Å². The number of nitro benzene ring substituents is 2. The summed E-state index contributed by atoms with van der Waals surface area (Å²) in [4.78, 5) is 78.9. The Bertz CT molecular complexity index is 2030. The Morgan fingerprint density at radius 1 is 1.02 bits per heavy atom. The van der Waals surface area contributed by atoms with Crippen LogP contribution in [0.25, 0.3) is 10.4 Å². The zero-order chi connectivity index (χ0) is 35.0. The molecule has 3 atom stereocenters. The maximum Gasteiger partial charge on any atom is 0.407 e. The van der Waals surface area contributed by atoms with Crippen LogP contribution in [-0.2, 0) is 32.3 Å². The Hall–Kier alpha value is -6.01. The second-order valence-electron chi connectivity index (χ2n) is 11.3. The third-order valence-electron chi connectivity index (χ3n) is 8.12. The minimum absolute atomic E-state index is 0.0107. The van der Waals surface area contributed by atoms with Gasteiger partial charge in [-0.05, 0) is 48.7 Å². The number of hydrogen-bond acceptors (Lipinski definition) is 13. The number of β-lactam (4-membered cyclic amide) rings is 1. The monoisotopic (exact) mass is 690 g/mol. The molecule has 18 heteroatoms. The lowest BCUT2D eigenvalue weighted by Gasteiger charge is -2.44. The van der Waals surface area contributed by atoms with Crippen LogP contribution in [-0.4, -0.2) is 71.7 Å². The Morgan fingerprint density at radius 2 is 1.61 bits per heavy atom. The number of thiazole rings is 1. The first-order chi connectivity index (χ1) is 23.4. The molecule has 252 valence electrons. The molecule has 2 N–H and O–H groups in total. The van der Waals surface area contributed by atoms with Crippen LogP contribution in [0.4, 0.5) is 16.2 Å². The summed E-state index contributed by atoms with van der Waals surface area (Å²) >= 11 is 1.14. The van der Waals surface area contributed by atoms with E-state index in [2.05, 4.69) is 10.3 Å². The number of fused-ring (bicyclic) bond motifs is 2. The fourth-order valence-electron chi connectivity index (χ4n) is 5.69. The highest BCUT2D eigenvalue weighted by molar-refractivity contribution is 7.18. The van der Waals surface area contributed by atoms with Gasteiger partial charge in [0, 0.05) is 36.0 Å². The van der Waals surface area contributed by atoms with Crippen molar-refractivity contribution in [1.82, 2.24) is 19.6 Å². The quantitative estimate of drug-likeness (QED) is 0.0717. The number of aromatic nitrogens is 2. The summed E-state index contributed by atoms with van der Waals surface area (Å²) in [5.74, 6) is -2.47. The van der Waals surface area contributed by atoms with Crippen LogP contribution in [0.3, 0.4) is 0 Å². The van der Waals surface area contributed by atoms with Gasteiger partial charge in [0.1, 0.15) is 35.8 Å². The number of amides is 2. The van der Waals surface area contributed by atoms with E-state index >= 15 is 0 Å². The van der Waals surface area contributed by atoms with Crippen molar-refractivity contribution in [3.63, 3.8) is 0 Å². The van der Waals surface area contributed by atoms with Gasteiger partial charge in [0.05, 0.1) is 39.3 Å². The number of nitro groups is 2. The van der Waals surface area contributed by atoms with E-state index in [1.807, 2.05) is 0 Å². The molecule has 49 heavy (non-hydrogen) atoms. The van der Waals surface area contributed by atoms with Crippen molar-refractivity contribution >= 4 is 56.9 Å². The standard InChI is InChI=1S/C31H26N6O11S/c1-16(38)25-22-10-21(27(35(22)28(25)40)30(41)47-13-17-2-6-19(7-3-17)36(43)44)24-12-34-15-33-26(29(34)49-24)23(39)11-32-31(42)48-14-18-4-8-20(9-5-18)37(45)46/h2-9,12,15-16,22,25,38H,10-11,13-14H2,1H3,(H,32,42)/t16-,22-,25-/m1/s1. The first-order valence-corrected chi connectivity index (χ1v) is 15.5. The maximum absolute atomic E-state index is 13.5. The SMILES string of the molecule is C[C@@H](O)[C@H]1C(=O)N2C(C(=O)OCc3ccc([N+](=O)[O-])cc3)=C(c3cn4cnc(C(=O)CNC(=O)OCc5ccc([N+](=O)[O-])cc5)c4s3)C[C@H]12. The number of carbonyl (C=O) groups is 4. The van der Waals surface area contributed by atoms with Gasteiger partial charge in [0.2, 0.25) is 11.7 Å². The molecular weight excluding hydrogens is 664 g/mol. The Kier molecular flexibility index (Phi) is 8.89. The molecular formula is C31H26N6O11S. The average molecular weight is 691 g/mol. The predicted molar refractivity (Wildman–Crippen MR) is 169 cm³/mol. The zero-order valence-corrected chi connectivity index (χ0v) is 26.3. The number of nitrogens with zero attached hydrogens (tertiary/aromatic N) is 5. The second-order valence-corrected chi connectivity index (χ2v) is 12.3. The Labute approximate surface area is 279 Å². The molecule has 2 aliphatic heterocycles. The summed E-state index contributed by atoms with van der Waals surface area (Å²) in [7, 11) is 0. The normalized spacial score (nSPS) is 17.3. The van der Waals surface area contributed by atoms with Crippen LogP contribution in [0, 0.1) is 26.1 Å². The lowest BCUT2D eigenvalue weighted by Crippen LogP contribution is -2.61. The molecule has 1 fully saturated rings. The van der Waals surface area contributed by atoms with E-state index in [1.165, 1.54) is 66.7 Å². The average Bonchev–Trinajstić information content (AvgIpc) is 3.76. The summed E-state index contributed by atoms with van der Waals surface area (Å²) in [6, 6.07) is 10.4. The first kappa shape index (κ1) is 32.9. The smallest absolute Gasteiger partial charge is 0.407 e. The molecule has 0 saturated carbocycles. The highest BCUT2D eigenvalue weighted by Crippen LogP contribution is 2.48. The maximum atomic E-state index is 13.5. The summed E-state index contributed by atoms with van der Waals surface area (Å²) < 4.78 is 12.2. The predicted octanol–water partition coefficient (Wildman–Crippen LogP) is 3.39. The molecule has 0 unspecified atom stereocenters. The molecule has 2 aromatic carbocycles. The van der Waals surface area contributed by atoms with Gasteiger partial charge in [-0.15, -0.1) is 11.3 Å².